The largest absolute Gasteiger partial charge is 0.384 e. The number of hydrogen-bond acceptors (Lipinski definition) is 4. The second kappa shape index (κ2) is 6.68. The molecule has 1 N–H and O–H groups in total. The summed E-state index contributed by atoms with van der Waals surface area (Å²) in [5.74, 6) is 0. The van der Waals surface area contributed by atoms with Crippen LogP contribution in [0.5, 0.6) is 0 Å². The van der Waals surface area contributed by atoms with Crippen LogP contribution in [-0.4, -0.2) is 18.7 Å². The van der Waals surface area contributed by atoms with Crippen molar-refractivity contribution < 1.29 is 4.74 Å². The second-order valence-electron chi connectivity index (χ2n) is 4.50. The number of benzene rings is 1. The Labute approximate surface area is 118 Å². The van der Waals surface area contributed by atoms with E-state index in [-0.39, 0.29) is 0 Å². The van der Waals surface area contributed by atoms with Gasteiger partial charge in [0.1, 0.15) is 5.01 Å². The molecular formula is C15H20N2OS. The molecule has 0 atom stereocenters. The summed E-state index contributed by atoms with van der Waals surface area (Å²) < 4.78 is 5.14. The highest BCUT2D eigenvalue weighted by molar-refractivity contribution is 7.11. The number of anilines is 1. The van der Waals surface area contributed by atoms with Crippen LogP contribution in [0.2, 0.25) is 0 Å². The number of thiazole rings is 1. The zero-order valence-electron chi connectivity index (χ0n) is 11.7. The van der Waals surface area contributed by atoms with E-state index in [0.717, 1.165) is 30.3 Å². The van der Waals surface area contributed by atoms with Gasteiger partial charge in [0.2, 0.25) is 0 Å². The Bertz CT molecular complexity index is 517. The van der Waals surface area contributed by atoms with Crippen molar-refractivity contribution in [1.82, 2.24) is 4.98 Å². The highest BCUT2D eigenvalue weighted by Gasteiger charge is 2.05. The summed E-state index contributed by atoms with van der Waals surface area (Å²) in [7, 11) is 1.73. The van der Waals surface area contributed by atoms with Crippen LogP contribution >= 0.6 is 11.3 Å². The van der Waals surface area contributed by atoms with Gasteiger partial charge in [-0.2, -0.15) is 0 Å². The summed E-state index contributed by atoms with van der Waals surface area (Å²) in [5, 5.41) is 4.61. The number of para-hydroxylation sites is 1. The van der Waals surface area contributed by atoms with E-state index in [1.54, 1.807) is 18.4 Å². The number of rotatable bonds is 6. The van der Waals surface area contributed by atoms with Crippen LogP contribution in [0, 0.1) is 13.8 Å². The maximum atomic E-state index is 5.14. The SMILES string of the molecule is COCCc1ccccc1NCc1nc(C)c(C)s1. The highest BCUT2D eigenvalue weighted by atomic mass is 32.1. The molecule has 3 nitrogen and oxygen atoms in total. The Morgan fingerprint density at radius 1 is 1.26 bits per heavy atom. The quantitative estimate of drug-likeness (QED) is 0.876. The number of aryl methyl sites for hydroxylation is 2. The van der Waals surface area contributed by atoms with Crippen molar-refractivity contribution in [2.75, 3.05) is 19.0 Å². The van der Waals surface area contributed by atoms with Gasteiger partial charge in [0.15, 0.2) is 0 Å². The lowest BCUT2D eigenvalue weighted by atomic mass is 10.1. The Morgan fingerprint density at radius 2 is 2.05 bits per heavy atom. The van der Waals surface area contributed by atoms with E-state index in [2.05, 4.69) is 48.4 Å². The molecule has 1 heterocycles. The maximum Gasteiger partial charge on any atom is 0.112 e. The average Bonchev–Trinajstić information content (AvgIpc) is 2.74. The molecule has 0 radical (unpaired) electrons. The molecule has 0 fully saturated rings. The molecule has 0 bridgehead atoms. The molecule has 102 valence electrons. The third-order valence-electron chi connectivity index (χ3n) is 3.10. The van der Waals surface area contributed by atoms with Crippen molar-refractivity contribution in [3.63, 3.8) is 0 Å². The normalized spacial score (nSPS) is 10.7. The Kier molecular flexibility index (Phi) is 4.93. The molecule has 2 aromatic rings. The van der Waals surface area contributed by atoms with Gasteiger partial charge in [0, 0.05) is 17.7 Å². The third-order valence-corrected chi connectivity index (χ3v) is 4.17. The average molecular weight is 276 g/mol. The van der Waals surface area contributed by atoms with E-state index >= 15 is 0 Å². The van der Waals surface area contributed by atoms with Crippen LogP contribution in [0.3, 0.4) is 0 Å². The van der Waals surface area contributed by atoms with Crippen LogP contribution in [0.15, 0.2) is 24.3 Å². The van der Waals surface area contributed by atoms with Crippen LogP contribution in [-0.2, 0) is 17.7 Å². The zero-order valence-corrected chi connectivity index (χ0v) is 12.5. The summed E-state index contributed by atoms with van der Waals surface area (Å²) in [6, 6.07) is 8.36. The molecule has 1 aromatic heterocycles. The fourth-order valence-electron chi connectivity index (χ4n) is 1.91. The van der Waals surface area contributed by atoms with Gasteiger partial charge >= 0.3 is 0 Å². The number of ether oxygens (including phenoxy) is 1. The van der Waals surface area contributed by atoms with E-state index in [1.165, 1.54) is 16.1 Å². The molecule has 1 aromatic carbocycles. The summed E-state index contributed by atoms with van der Waals surface area (Å²) in [5.41, 5.74) is 3.59. The predicted molar refractivity (Wildman–Crippen MR) is 80.9 cm³/mol. The Balaban J connectivity index is 2.02. The summed E-state index contributed by atoms with van der Waals surface area (Å²) in [4.78, 5) is 5.84. The molecule has 0 aliphatic heterocycles. The monoisotopic (exact) mass is 276 g/mol. The highest BCUT2D eigenvalue weighted by Crippen LogP contribution is 2.20. The van der Waals surface area contributed by atoms with E-state index in [4.69, 9.17) is 4.74 Å². The molecule has 0 saturated heterocycles. The topological polar surface area (TPSA) is 34.1 Å². The van der Waals surface area contributed by atoms with Crippen LogP contribution in [0.25, 0.3) is 0 Å². The molecule has 0 amide bonds. The standard InChI is InChI=1S/C15H20N2OS/c1-11-12(2)19-15(17-11)10-16-14-7-5-4-6-13(14)8-9-18-3/h4-7,16H,8-10H2,1-3H3. The lowest BCUT2D eigenvalue weighted by Gasteiger charge is -2.10. The minimum absolute atomic E-state index is 0.744. The van der Waals surface area contributed by atoms with Gasteiger partial charge in [-0.3, -0.25) is 0 Å². The molecule has 0 unspecified atom stereocenters. The first kappa shape index (κ1) is 14.0. The molecule has 2 rings (SSSR count). The lowest BCUT2D eigenvalue weighted by Crippen LogP contribution is -2.04. The maximum absolute atomic E-state index is 5.14. The second-order valence-corrected chi connectivity index (χ2v) is 5.79. The molecule has 0 aliphatic rings. The third kappa shape index (κ3) is 3.78. The molecule has 19 heavy (non-hydrogen) atoms. The lowest BCUT2D eigenvalue weighted by molar-refractivity contribution is 0.202. The van der Waals surface area contributed by atoms with Crippen molar-refractivity contribution in [2.45, 2.75) is 26.8 Å². The molecule has 4 heteroatoms. The summed E-state index contributed by atoms with van der Waals surface area (Å²) in [6.45, 7) is 5.70. The fraction of sp³-hybridized carbons (Fsp3) is 0.400. The predicted octanol–water partition coefficient (Wildman–Crippen LogP) is 3.56. The van der Waals surface area contributed by atoms with Crippen molar-refractivity contribution in [3.05, 3.63) is 45.4 Å². The van der Waals surface area contributed by atoms with E-state index in [9.17, 15) is 0 Å². The first-order chi connectivity index (χ1) is 9.20. The Morgan fingerprint density at radius 3 is 2.74 bits per heavy atom. The van der Waals surface area contributed by atoms with Gasteiger partial charge in [0.05, 0.1) is 18.8 Å². The van der Waals surface area contributed by atoms with Crippen molar-refractivity contribution >= 4 is 17.0 Å². The van der Waals surface area contributed by atoms with Gasteiger partial charge in [0.25, 0.3) is 0 Å². The number of methoxy groups -OCH3 is 1. The van der Waals surface area contributed by atoms with Gasteiger partial charge in [-0.15, -0.1) is 11.3 Å². The summed E-state index contributed by atoms with van der Waals surface area (Å²) >= 11 is 1.76. The van der Waals surface area contributed by atoms with Crippen LogP contribution < -0.4 is 5.32 Å². The van der Waals surface area contributed by atoms with Crippen LogP contribution in [0.4, 0.5) is 5.69 Å². The first-order valence-electron chi connectivity index (χ1n) is 6.44. The first-order valence-corrected chi connectivity index (χ1v) is 7.26. The van der Waals surface area contributed by atoms with Crippen LogP contribution in [0.1, 0.15) is 21.1 Å². The van der Waals surface area contributed by atoms with Gasteiger partial charge < -0.3 is 10.1 Å². The fourth-order valence-corrected chi connectivity index (χ4v) is 2.78. The van der Waals surface area contributed by atoms with E-state index in [0.29, 0.717) is 0 Å². The van der Waals surface area contributed by atoms with Gasteiger partial charge in [-0.05, 0) is 31.9 Å². The number of nitrogens with zero attached hydrogens (tertiary/aromatic N) is 1. The number of hydrogen-bond donors (Lipinski definition) is 1. The van der Waals surface area contributed by atoms with Crippen molar-refractivity contribution in [1.29, 1.82) is 0 Å². The number of aromatic nitrogens is 1. The van der Waals surface area contributed by atoms with E-state index < -0.39 is 0 Å². The number of nitrogens with one attached hydrogen (secondary N) is 1. The minimum Gasteiger partial charge on any atom is -0.384 e. The van der Waals surface area contributed by atoms with E-state index in [1.807, 2.05) is 0 Å². The minimum atomic E-state index is 0.744. The smallest absolute Gasteiger partial charge is 0.112 e. The molecule has 0 aliphatic carbocycles. The summed E-state index contributed by atoms with van der Waals surface area (Å²) in [6.07, 6.45) is 0.926. The molecule has 0 saturated carbocycles. The van der Waals surface area contributed by atoms with Crippen molar-refractivity contribution in [2.24, 2.45) is 0 Å². The molecule has 0 spiro atoms. The molecular weight excluding hydrogens is 256 g/mol. The Hall–Kier alpha value is -1.39. The van der Waals surface area contributed by atoms with Gasteiger partial charge in [-0.1, -0.05) is 18.2 Å². The van der Waals surface area contributed by atoms with Gasteiger partial charge in [-0.25, -0.2) is 4.98 Å². The van der Waals surface area contributed by atoms with Crippen molar-refractivity contribution in [3.8, 4) is 0 Å². The zero-order chi connectivity index (χ0) is 13.7.